The molecule has 12 heteroatoms. The molecule has 502 valence electrons. The summed E-state index contributed by atoms with van der Waals surface area (Å²) in [5, 5.41) is 14.9. The van der Waals surface area contributed by atoms with Crippen LogP contribution in [0, 0.1) is 0 Å². The van der Waals surface area contributed by atoms with E-state index in [9.17, 15) is 0 Å². The van der Waals surface area contributed by atoms with Crippen molar-refractivity contribution in [3.8, 4) is 66.8 Å². The SMILES string of the molecule is Brc1ccc(-c2c3ccccc3c(-c3ccc(-c4cccc5ccccc45)cc3)c3ccccc23)cn1.C.CC1(C)OB(B2OC(C)(C)C(C)(C)O2)OC1(C)C.CC1(C)OB(c2ccc(-c3c4ccccc4c(-c4ccc(-c5cccc6ccccc56)cc4)c4ccccc34)cn2)OC1(C)C. The maximum absolute atomic E-state index is 6.27. The zero-order chi connectivity index (χ0) is 69.5. The van der Waals surface area contributed by atoms with E-state index >= 15 is 0 Å². The highest BCUT2D eigenvalue weighted by Gasteiger charge is 2.64. The molecule has 2 aromatic heterocycles. The molecule has 0 radical (unpaired) electrons. The van der Waals surface area contributed by atoms with Crippen LogP contribution in [0.3, 0.4) is 0 Å². The van der Waals surface area contributed by atoms with Gasteiger partial charge in [0.25, 0.3) is 0 Å². The molecule has 3 aliphatic rings. The monoisotopic (exact) mass is 1390 g/mol. The van der Waals surface area contributed by atoms with Gasteiger partial charge in [-0.1, -0.05) is 250 Å². The van der Waals surface area contributed by atoms with E-state index < -0.39 is 32.3 Å². The summed E-state index contributed by atoms with van der Waals surface area (Å²) in [6.07, 6.45) is 3.92. The number of fused-ring (bicyclic) bond motifs is 6. The molecule has 17 rings (SSSR count). The lowest BCUT2D eigenvalue weighted by Crippen LogP contribution is -2.41. The lowest BCUT2D eigenvalue weighted by Gasteiger charge is -2.32. The lowest BCUT2D eigenvalue weighted by atomic mass is 9.49. The van der Waals surface area contributed by atoms with Gasteiger partial charge in [0.2, 0.25) is 0 Å². The van der Waals surface area contributed by atoms with E-state index in [1.54, 1.807) is 0 Å². The van der Waals surface area contributed by atoms with Gasteiger partial charge in [-0.25, -0.2) is 4.98 Å². The number of hydrogen-bond donors (Lipinski definition) is 0. The first kappa shape index (κ1) is 69.0. The van der Waals surface area contributed by atoms with Crippen LogP contribution in [0.2, 0.25) is 0 Å². The van der Waals surface area contributed by atoms with Gasteiger partial charge in [0.15, 0.2) is 0 Å². The zero-order valence-corrected chi connectivity index (χ0v) is 60.4. The molecule has 3 saturated heterocycles. The quantitative estimate of drug-likeness (QED) is 0.0846. The van der Waals surface area contributed by atoms with Gasteiger partial charge in [-0.2, -0.15) is 0 Å². The van der Waals surface area contributed by atoms with Crippen LogP contribution in [0.5, 0.6) is 0 Å². The summed E-state index contributed by atoms with van der Waals surface area (Å²) in [5.74, 6) is 0. The molecule has 3 aliphatic heterocycles. The van der Waals surface area contributed by atoms with Gasteiger partial charge in [-0.05, 0) is 231 Å². The minimum absolute atomic E-state index is 0. The molecule has 0 N–H and O–H groups in total. The zero-order valence-electron chi connectivity index (χ0n) is 58.9. The summed E-state index contributed by atoms with van der Waals surface area (Å²) in [7, 11) is -1.44. The number of halogens is 1. The van der Waals surface area contributed by atoms with Crippen molar-refractivity contribution in [3.05, 3.63) is 272 Å². The highest BCUT2D eigenvalue weighted by molar-refractivity contribution is 9.10. The molecule has 0 spiro atoms. The molecule has 0 atom stereocenters. The van der Waals surface area contributed by atoms with Crippen molar-refractivity contribution in [3.63, 3.8) is 0 Å². The van der Waals surface area contributed by atoms with Crippen molar-refractivity contribution in [2.45, 2.75) is 124 Å². The van der Waals surface area contributed by atoms with Crippen LogP contribution in [0.15, 0.2) is 272 Å². The van der Waals surface area contributed by atoms with Gasteiger partial charge >= 0.3 is 21.1 Å². The predicted molar refractivity (Wildman–Crippen MR) is 428 cm³/mol. The molecular weight excluding hydrogens is 1310 g/mol. The summed E-state index contributed by atoms with van der Waals surface area (Å²) in [4.78, 5) is 9.40. The van der Waals surface area contributed by atoms with Crippen LogP contribution in [0.25, 0.3) is 131 Å². The Kier molecular flexibility index (Phi) is 18.3. The first-order chi connectivity index (χ1) is 48.0. The Labute approximate surface area is 604 Å². The van der Waals surface area contributed by atoms with E-state index in [1.807, 2.05) is 79.9 Å². The summed E-state index contributed by atoms with van der Waals surface area (Å²) in [6.45, 7) is 24.5. The van der Waals surface area contributed by atoms with Crippen LogP contribution >= 0.6 is 15.9 Å². The van der Waals surface area contributed by atoms with Crippen molar-refractivity contribution < 1.29 is 27.9 Å². The average Bonchev–Trinajstić information content (AvgIpc) is 1.53. The number of benzene rings is 12. The number of nitrogens with zero attached hydrogens (tertiary/aromatic N) is 2. The second kappa shape index (κ2) is 26.7. The standard InChI is InChI=1S/C41H34BNO2.C35H22BrN.C12H24B2O4.CH4/c1-40(2)41(3,4)45-42(44-40)37-25-24-30(26-43-37)39-35-17-9-7-15-33(35)38(34-16-8-10-18-36(34)39)29-22-20-28(21-23-29)32-19-11-13-27-12-5-6-14-31(27)32;36-33-21-20-26(22-37-33)35-31-13-5-3-11-29(31)34(30-12-4-6-14-32(30)35)25-18-16-24(17-19-25)28-15-7-9-23-8-1-2-10-27(23)28;1-9(2)10(3,4)16-13(15-9)14-17-11(5,6)12(7,8)18-14;/h5-26H,1-4H3;1-22H;1-8H3;1H4. The molecule has 0 aliphatic carbocycles. The van der Waals surface area contributed by atoms with Gasteiger partial charge in [-0.15, -0.1) is 0 Å². The van der Waals surface area contributed by atoms with Crippen molar-refractivity contribution in [2.24, 2.45) is 0 Å². The van der Waals surface area contributed by atoms with Gasteiger partial charge in [0, 0.05) is 23.5 Å². The third-order valence-electron chi connectivity index (χ3n) is 21.8. The van der Waals surface area contributed by atoms with Crippen LogP contribution < -0.4 is 5.59 Å². The smallest absolute Gasteiger partial charge is 0.405 e. The molecule has 0 amide bonds. The molecule has 0 bridgehead atoms. The first-order valence-electron chi connectivity index (χ1n) is 34.7. The Morgan fingerprint density at radius 1 is 0.257 bits per heavy atom. The largest absolute Gasteiger partial charge is 0.514 e. The Bertz CT molecular complexity index is 5220. The topological polar surface area (TPSA) is 81.2 Å². The maximum Gasteiger partial charge on any atom is 0.514 e. The Morgan fingerprint density at radius 3 is 0.822 bits per heavy atom. The Hall–Kier alpha value is -9.07. The minimum atomic E-state index is -0.489. The van der Waals surface area contributed by atoms with Crippen LogP contribution in [0.4, 0.5) is 0 Å². The molecule has 8 nitrogen and oxygen atoms in total. The van der Waals surface area contributed by atoms with E-state index in [2.05, 4.69) is 291 Å². The first-order valence-corrected chi connectivity index (χ1v) is 35.5. The van der Waals surface area contributed by atoms with E-state index in [0.717, 1.165) is 21.3 Å². The second-order valence-electron chi connectivity index (χ2n) is 29.6. The van der Waals surface area contributed by atoms with Crippen molar-refractivity contribution in [1.82, 2.24) is 9.97 Å². The summed E-state index contributed by atoms with van der Waals surface area (Å²) < 4.78 is 37.2. The minimum Gasteiger partial charge on any atom is -0.405 e. The number of hydrogen-bond acceptors (Lipinski definition) is 8. The van der Waals surface area contributed by atoms with Gasteiger partial charge < -0.3 is 27.9 Å². The fourth-order valence-corrected chi connectivity index (χ4v) is 14.5. The number of pyridine rings is 2. The Balaban J connectivity index is 0.000000139. The molecule has 3 fully saturated rings. The summed E-state index contributed by atoms with van der Waals surface area (Å²) in [6, 6.07) is 91.6. The summed E-state index contributed by atoms with van der Waals surface area (Å²) in [5.41, 5.74) is 13.0. The van der Waals surface area contributed by atoms with E-state index in [0.29, 0.717) is 0 Å². The average molecular weight is 1390 g/mol. The van der Waals surface area contributed by atoms with E-state index in [-0.39, 0.29) is 29.8 Å². The fraction of sp³-hybridized carbons (Fsp3) is 0.213. The van der Waals surface area contributed by atoms with Gasteiger partial charge in [-0.3, -0.25) is 4.98 Å². The third kappa shape index (κ3) is 12.7. The third-order valence-corrected chi connectivity index (χ3v) is 22.2. The van der Waals surface area contributed by atoms with E-state index in [4.69, 9.17) is 32.9 Å². The van der Waals surface area contributed by atoms with Crippen LogP contribution in [-0.4, -0.2) is 64.7 Å². The number of aromatic nitrogens is 2. The lowest BCUT2D eigenvalue weighted by molar-refractivity contribution is 0.00578. The molecule has 5 heterocycles. The van der Waals surface area contributed by atoms with E-state index in [1.165, 1.54) is 120 Å². The predicted octanol–water partition coefficient (Wildman–Crippen LogP) is 23.0. The fourth-order valence-electron chi connectivity index (χ4n) is 14.3. The highest BCUT2D eigenvalue weighted by Crippen LogP contribution is 2.48. The van der Waals surface area contributed by atoms with Gasteiger partial charge in [0.1, 0.15) is 4.60 Å². The van der Waals surface area contributed by atoms with Crippen LogP contribution in [0.1, 0.15) is 90.5 Å². The molecule has 0 unspecified atom stereocenters. The number of rotatable bonds is 8. The molecule has 0 saturated carbocycles. The maximum atomic E-state index is 6.27. The van der Waals surface area contributed by atoms with Crippen molar-refractivity contribution in [2.75, 3.05) is 0 Å². The molecule has 12 aromatic carbocycles. The Morgan fingerprint density at radius 2 is 0.515 bits per heavy atom. The second-order valence-corrected chi connectivity index (χ2v) is 30.4. The van der Waals surface area contributed by atoms with Gasteiger partial charge in [0.05, 0.1) is 39.2 Å². The molecular formula is C89H84B3BrN2O6. The normalized spacial score (nSPS) is 16.9. The van der Waals surface area contributed by atoms with Crippen LogP contribution in [-0.2, 0) is 27.9 Å². The molecule has 101 heavy (non-hydrogen) atoms. The van der Waals surface area contributed by atoms with Crippen molar-refractivity contribution >= 4 is 107 Å². The summed E-state index contributed by atoms with van der Waals surface area (Å²) >= 11 is 3.48. The van der Waals surface area contributed by atoms with Crippen molar-refractivity contribution in [1.29, 1.82) is 0 Å². The molecule has 14 aromatic rings. The highest BCUT2D eigenvalue weighted by atomic mass is 79.9.